The summed E-state index contributed by atoms with van der Waals surface area (Å²) in [5.74, 6) is -2.39. The van der Waals surface area contributed by atoms with Gasteiger partial charge in [-0.2, -0.15) is 0 Å². The standard InChI is InChI=1S/C27H25F3N2O2S/c1-17(2)26-11-18(7-9-31-26)15-32(22-8-10-35(34)16-22)27(33)14-21-4-3-19(12-24(21)29)20-5-6-23(28)25(30)13-20/h3-13,17,22H,14-16H2,1-2H3. The van der Waals surface area contributed by atoms with Gasteiger partial charge < -0.3 is 4.90 Å². The maximum atomic E-state index is 14.9. The Balaban J connectivity index is 1.56. The molecule has 0 N–H and O–H groups in total. The van der Waals surface area contributed by atoms with Crippen LogP contribution in [-0.4, -0.2) is 31.8 Å². The van der Waals surface area contributed by atoms with Crippen molar-refractivity contribution in [3.63, 3.8) is 0 Å². The Morgan fingerprint density at radius 3 is 2.37 bits per heavy atom. The number of nitrogens with zero attached hydrogens (tertiary/aromatic N) is 2. The fourth-order valence-corrected chi connectivity index (χ4v) is 5.05. The molecule has 2 heterocycles. The van der Waals surface area contributed by atoms with Crippen molar-refractivity contribution >= 4 is 16.7 Å². The van der Waals surface area contributed by atoms with Crippen molar-refractivity contribution in [2.75, 3.05) is 5.75 Å². The predicted octanol–water partition coefficient (Wildman–Crippen LogP) is 5.51. The Bertz CT molecular complexity index is 1310. The summed E-state index contributed by atoms with van der Waals surface area (Å²) in [6.45, 7) is 4.34. The van der Waals surface area contributed by atoms with Crippen LogP contribution in [0.1, 0.15) is 36.6 Å². The second kappa shape index (κ2) is 10.6. The summed E-state index contributed by atoms with van der Waals surface area (Å²) in [6, 6.07) is 11.0. The van der Waals surface area contributed by atoms with Crippen LogP contribution in [0.25, 0.3) is 11.1 Å². The lowest BCUT2D eigenvalue weighted by atomic mass is 10.0. The average molecular weight is 499 g/mol. The second-order valence-electron chi connectivity index (χ2n) is 8.82. The SMILES string of the molecule is CC(C)c1cc(CN(C(=O)Cc2ccc(-c3ccc(F)c(F)c3)cc2F)C2C=CS(=O)C2)ccn1. The number of hydrogen-bond acceptors (Lipinski definition) is 3. The molecule has 1 aliphatic rings. The van der Waals surface area contributed by atoms with E-state index in [2.05, 4.69) is 4.98 Å². The predicted molar refractivity (Wildman–Crippen MR) is 130 cm³/mol. The minimum atomic E-state index is -1.16. The highest BCUT2D eigenvalue weighted by molar-refractivity contribution is 7.88. The van der Waals surface area contributed by atoms with Crippen LogP contribution >= 0.6 is 0 Å². The number of hydrogen-bond donors (Lipinski definition) is 0. The van der Waals surface area contributed by atoms with E-state index < -0.39 is 28.3 Å². The molecule has 0 spiro atoms. The molecule has 182 valence electrons. The zero-order valence-corrected chi connectivity index (χ0v) is 20.2. The first-order valence-corrected chi connectivity index (χ1v) is 12.6. The van der Waals surface area contributed by atoms with Crippen LogP contribution in [0.5, 0.6) is 0 Å². The Hall–Kier alpha value is -3.26. The van der Waals surface area contributed by atoms with Crippen LogP contribution in [0, 0.1) is 17.5 Å². The molecule has 0 fully saturated rings. The van der Waals surface area contributed by atoms with Crippen molar-refractivity contribution in [3.05, 3.63) is 100 Å². The number of carbonyl (C=O) groups excluding carboxylic acids is 1. The van der Waals surface area contributed by atoms with Gasteiger partial charge in [-0.25, -0.2) is 13.2 Å². The van der Waals surface area contributed by atoms with Crippen molar-refractivity contribution in [1.82, 2.24) is 9.88 Å². The quantitative estimate of drug-likeness (QED) is 0.432. The molecular weight excluding hydrogens is 473 g/mol. The van der Waals surface area contributed by atoms with E-state index in [1.807, 2.05) is 26.0 Å². The molecule has 4 nitrogen and oxygen atoms in total. The second-order valence-corrected chi connectivity index (χ2v) is 10.2. The van der Waals surface area contributed by atoms with Gasteiger partial charge in [0.2, 0.25) is 5.91 Å². The molecule has 8 heteroatoms. The third kappa shape index (κ3) is 5.88. The largest absolute Gasteiger partial charge is 0.331 e. The Morgan fingerprint density at radius 1 is 1.03 bits per heavy atom. The van der Waals surface area contributed by atoms with Gasteiger partial charge in [0.1, 0.15) is 5.82 Å². The van der Waals surface area contributed by atoms with Crippen LogP contribution in [0.4, 0.5) is 13.2 Å². The molecule has 0 radical (unpaired) electrons. The van der Waals surface area contributed by atoms with Crippen molar-refractivity contribution in [2.45, 2.75) is 38.8 Å². The molecule has 2 aromatic carbocycles. The highest BCUT2D eigenvalue weighted by Crippen LogP contribution is 2.25. The van der Waals surface area contributed by atoms with Gasteiger partial charge >= 0.3 is 0 Å². The van der Waals surface area contributed by atoms with Gasteiger partial charge in [0.05, 0.1) is 18.2 Å². The van der Waals surface area contributed by atoms with Crippen LogP contribution in [0.3, 0.4) is 0 Å². The fraction of sp³-hybridized carbons (Fsp3) is 0.259. The summed E-state index contributed by atoms with van der Waals surface area (Å²) in [5, 5.41) is 1.58. The summed E-state index contributed by atoms with van der Waals surface area (Å²) < 4.78 is 53.7. The molecule has 0 aliphatic carbocycles. The molecule has 0 bridgehead atoms. The Kier molecular flexibility index (Phi) is 7.50. The number of aromatic nitrogens is 1. The van der Waals surface area contributed by atoms with E-state index in [9.17, 15) is 22.2 Å². The van der Waals surface area contributed by atoms with Gasteiger partial charge in [0, 0.05) is 34.6 Å². The number of amides is 1. The number of pyridine rings is 1. The monoisotopic (exact) mass is 498 g/mol. The number of carbonyl (C=O) groups is 1. The van der Waals surface area contributed by atoms with Gasteiger partial charge in [-0.1, -0.05) is 38.1 Å². The number of rotatable bonds is 7. The summed E-state index contributed by atoms with van der Waals surface area (Å²) in [4.78, 5) is 19.3. The Morgan fingerprint density at radius 2 is 1.74 bits per heavy atom. The summed E-state index contributed by atoms with van der Waals surface area (Å²) in [5.41, 5.74) is 2.68. The smallest absolute Gasteiger partial charge is 0.227 e. The lowest BCUT2D eigenvalue weighted by molar-refractivity contribution is -0.132. The van der Waals surface area contributed by atoms with Gasteiger partial charge in [0.15, 0.2) is 11.6 Å². The minimum absolute atomic E-state index is 0.187. The summed E-state index contributed by atoms with van der Waals surface area (Å²) in [7, 11) is -1.16. The van der Waals surface area contributed by atoms with E-state index in [4.69, 9.17) is 0 Å². The van der Waals surface area contributed by atoms with E-state index in [1.165, 1.54) is 18.2 Å². The van der Waals surface area contributed by atoms with E-state index in [0.717, 1.165) is 23.4 Å². The molecule has 35 heavy (non-hydrogen) atoms. The molecule has 2 atom stereocenters. The van der Waals surface area contributed by atoms with E-state index in [0.29, 0.717) is 16.9 Å². The maximum Gasteiger partial charge on any atom is 0.227 e. The molecule has 0 saturated heterocycles. The fourth-order valence-electron chi connectivity index (χ4n) is 3.96. The van der Waals surface area contributed by atoms with E-state index in [-0.39, 0.29) is 36.4 Å². The normalized spacial score (nSPS) is 17.2. The average Bonchev–Trinajstić information content (AvgIpc) is 3.26. The van der Waals surface area contributed by atoms with Crippen molar-refractivity contribution < 1.29 is 22.2 Å². The summed E-state index contributed by atoms with van der Waals surface area (Å²) in [6.07, 6.45) is 3.26. The topological polar surface area (TPSA) is 50.3 Å². The van der Waals surface area contributed by atoms with Crippen LogP contribution < -0.4 is 0 Å². The maximum absolute atomic E-state index is 14.9. The van der Waals surface area contributed by atoms with E-state index >= 15 is 0 Å². The first-order chi connectivity index (χ1) is 16.7. The third-order valence-corrected chi connectivity index (χ3v) is 7.08. The van der Waals surface area contributed by atoms with Gasteiger partial charge in [0.25, 0.3) is 0 Å². The van der Waals surface area contributed by atoms with Crippen LogP contribution in [0.15, 0.2) is 66.2 Å². The molecule has 1 amide bonds. The number of benzene rings is 2. The first-order valence-electron chi connectivity index (χ1n) is 11.2. The van der Waals surface area contributed by atoms with Crippen LogP contribution in [0.2, 0.25) is 0 Å². The molecule has 1 aliphatic heterocycles. The van der Waals surface area contributed by atoms with Gasteiger partial charge in [-0.05, 0) is 58.5 Å². The highest BCUT2D eigenvalue weighted by atomic mass is 32.2. The van der Waals surface area contributed by atoms with Crippen molar-refractivity contribution in [2.24, 2.45) is 0 Å². The summed E-state index contributed by atoms with van der Waals surface area (Å²) >= 11 is 0. The third-order valence-electron chi connectivity index (χ3n) is 5.95. The van der Waals surface area contributed by atoms with Gasteiger partial charge in [-0.3, -0.25) is 14.0 Å². The minimum Gasteiger partial charge on any atom is -0.331 e. The highest BCUT2D eigenvalue weighted by Gasteiger charge is 2.27. The van der Waals surface area contributed by atoms with Gasteiger partial charge in [-0.15, -0.1) is 0 Å². The number of halogens is 3. The molecule has 4 rings (SSSR count). The van der Waals surface area contributed by atoms with Crippen molar-refractivity contribution in [1.29, 1.82) is 0 Å². The Labute approximate surface area is 205 Å². The molecule has 0 saturated carbocycles. The van der Waals surface area contributed by atoms with Crippen molar-refractivity contribution in [3.8, 4) is 11.1 Å². The first kappa shape index (κ1) is 24.9. The molecule has 2 unspecified atom stereocenters. The molecular formula is C27H25F3N2O2S. The molecule has 1 aromatic heterocycles. The zero-order valence-electron chi connectivity index (χ0n) is 19.4. The van der Waals surface area contributed by atoms with E-state index in [1.54, 1.807) is 28.6 Å². The van der Waals surface area contributed by atoms with Crippen LogP contribution in [-0.2, 0) is 28.6 Å². The molecule has 3 aromatic rings. The lowest BCUT2D eigenvalue weighted by Crippen LogP contribution is -2.41. The zero-order chi connectivity index (χ0) is 25.1. The lowest BCUT2D eigenvalue weighted by Gasteiger charge is -2.28.